The summed E-state index contributed by atoms with van der Waals surface area (Å²) in [6.07, 6.45) is 3.50. The van der Waals surface area contributed by atoms with Gasteiger partial charge >= 0.3 is 0 Å². The molecule has 0 radical (unpaired) electrons. The average molecular weight is 243 g/mol. The standard InChI is InChI=1S/C14H17N3O/c1-11(12-6-3-4-7-13(12)18-2)17-10-14-15-8-5-9-16-14/h3-9,11,17H,10H2,1-2H3/t11-/m1/s1. The Hall–Kier alpha value is -1.94. The highest BCUT2D eigenvalue weighted by Crippen LogP contribution is 2.24. The number of benzene rings is 1. The Morgan fingerprint density at radius 2 is 1.89 bits per heavy atom. The number of hydrogen-bond donors (Lipinski definition) is 1. The van der Waals surface area contributed by atoms with Gasteiger partial charge in [0.05, 0.1) is 13.7 Å². The van der Waals surface area contributed by atoms with Crippen LogP contribution in [0.5, 0.6) is 5.75 Å². The van der Waals surface area contributed by atoms with Gasteiger partial charge in [-0.05, 0) is 19.1 Å². The van der Waals surface area contributed by atoms with Gasteiger partial charge in [-0.15, -0.1) is 0 Å². The van der Waals surface area contributed by atoms with Gasteiger partial charge in [-0.3, -0.25) is 0 Å². The second-order valence-corrected chi connectivity index (χ2v) is 4.01. The van der Waals surface area contributed by atoms with Crippen molar-refractivity contribution in [2.24, 2.45) is 0 Å². The van der Waals surface area contributed by atoms with Crippen LogP contribution in [0.15, 0.2) is 42.7 Å². The fourth-order valence-corrected chi connectivity index (χ4v) is 1.80. The second kappa shape index (κ2) is 6.12. The zero-order valence-corrected chi connectivity index (χ0v) is 10.6. The van der Waals surface area contributed by atoms with Crippen molar-refractivity contribution in [3.05, 3.63) is 54.1 Å². The first-order valence-corrected chi connectivity index (χ1v) is 5.93. The fraction of sp³-hybridized carbons (Fsp3) is 0.286. The van der Waals surface area contributed by atoms with Gasteiger partial charge in [-0.2, -0.15) is 0 Å². The maximum absolute atomic E-state index is 5.35. The molecule has 1 N–H and O–H groups in total. The molecule has 0 aliphatic rings. The molecule has 0 spiro atoms. The van der Waals surface area contributed by atoms with E-state index in [0.29, 0.717) is 6.54 Å². The lowest BCUT2D eigenvalue weighted by atomic mass is 10.1. The van der Waals surface area contributed by atoms with E-state index in [4.69, 9.17) is 4.74 Å². The van der Waals surface area contributed by atoms with E-state index in [2.05, 4.69) is 28.3 Å². The van der Waals surface area contributed by atoms with Crippen molar-refractivity contribution < 1.29 is 4.74 Å². The highest BCUT2D eigenvalue weighted by molar-refractivity contribution is 5.35. The van der Waals surface area contributed by atoms with E-state index >= 15 is 0 Å². The van der Waals surface area contributed by atoms with E-state index in [0.717, 1.165) is 17.1 Å². The minimum absolute atomic E-state index is 0.185. The molecule has 0 saturated carbocycles. The molecule has 0 amide bonds. The first kappa shape index (κ1) is 12.5. The van der Waals surface area contributed by atoms with Crippen molar-refractivity contribution >= 4 is 0 Å². The molecule has 2 rings (SSSR count). The second-order valence-electron chi connectivity index (χ2n) is 4.01. The predicted molar refractivity (Wildman–Crippen MR) is 70.3 cm³/mol. The van der Waals surface area contributed by atoms with Gasteiger partial charge in [0.15, 0.2) is 0 Å². The number of para-hydroxylation sites is 1. The number of nitrogens with zero attached hydrogens (tertiary/aromatic N) is 2. The molecule has 1 heterocycles. The number of rotatable bonds is 5. The van der Waals surface area contributed by atoms with Gasteiger partial charge in [-0.25, -0.2) is 9.97 Å². The van der Waals surface area contributed by atoms with Gasteiger partial charge in [0.25, 0.3) is 0 Å². The lowest BCUT2D eigenvalue weighted by Crippen LogP contribution is -2.20. The number of nitrogens with one attached hydrogen (secondary N) is 1. The van der Waals surface area contributed by atoms with Gasteiger partial charge in [0.2, 0.25) is 0 Å². The van der Waals surface area contributed by atoms with Crippen LogP contribution >= 0.6 is 0 Å². The van der Waals surface area contributed by atoms with Crippen LogP contribution in [-0.4, -0.2) is 17.1 Å². The SMILES string of the molecule is COc1ccccc1[C@@H](C)NCc1ncccn1. The summed E-state index contributed by atoms with van der Waals surface area (Å²) >= 11 is 0. The third-order valence-corrected chi connectivity index (χ3v) is 2.79. The largest absolute Gasteiger partial charge is 0.496 e. The molecule has 0 aliphatic heterocycles. The smallest absolute Gasteiger partial charge is 0.141 e. The van der Waals surface area contributed by atoms with Crippen molar-refractivity contribution in [1.29, 1.82) is 0 Å². The molecule has 1 aromatic heterocycles. The molecular formula is C14H17N3O. The number of hydrogen-bond acceptors (Lipinski definition) is 4. The van der Waals surface area contributed by atoms with Crippen LogP contribution in [0.3, 0.4) is 0 Å². The van der Waals surface area contributed by atoms with Crippen molar-refractivity contribution in [3.8, 4) is 5.75 Å². The molecule has 0 aliphatic carbocycles. The van der Waals surface area contributed by atoms with Gasteiger partial charge in [0.1, 0.15) is 11.6 Å². The maximum Gasteiger partial charge on any atom is 0.141 e. The number of aromatic nitrogens is 2. The highest BCUT2D eigenvalue weighted by atomic mass is 16.5. The fourth-order valence-electron chi connectivity index (χ4n) is 1.80. The quantitative estimate of drug-likeness (QED) is 0.875. The zero-order chi connectivity index (χ0) is 12.8. The Balaban J connectivity index is 2.01. The van der Waals surface area contributed by atoms with Crippen molar-refractivity contribution in [2.75, 3.05) is 7.11 Å². The third kappa shape index (κ3) is 3.05. The molecular weight excluding hydrogens is 226 g/mol. The summed E-state index contributed by atoms with van der Waals surface area (Å²) in [5, 5.41) is 3.38. The first-order chi connectivity index (χ1) is 8.81. The Bertz CT molecular complexity index is 487. The van der Waals surface area contributed by atoms with Gasteiger partial charge in [-0.1, -0.05) is 18.2 Å². The minimum atomic E-state index is 0.185. The predicted octanol–water partition coefficient (Wildman–Crippen LogP) is 2.34. The van der Waals surface area contributed by atoms with Crippen molar-refractivity contribution in [3.63, 3.8) is 0 Å². The topological polar surface area (TPSA) is 47.0 Å². The van der Waals surface area contributed by atoms with E-state index in [9.17, 15) is 0 Å². The molecule has 1 aromatic carbocycles. The number of methoxy groups -OCH3 is 1. The molecule has 0 bridgehead atoms. The van der Waals surface area contributed by atoms with Crippen LogP contribution in [0.1, 0.15) is 24.4 Å². The van der Waals surface area contributed by atoms with Crippen LogP contribution < -0.4 is 10.1 Å². The summed E-state index contributed by atoms with van der Waals surface area (Å²) < 4.78 is 5.35. The molecule has 4 heteroatoms. The average Bonchev–Trinajstić information content (AvgIpc) is 2.45. The van der Waals surface area contributed by atoms with Crippen LogP contribution in [0, 0.1) is 0 Å². The third-order valence-electron chi connectivity index (χ3n) is 2.79. The highest BCUT2D eigenvalue weighted by Gasteiger charge is 2.10. The summed E-state index contributed by atoms with van der Waals surface area (Å²) in [5.74, 6) is 1.69. The van der Waals surface area contributed by atoms with E-state index in [1.165, 1.54) is 0 Å². The van der Waals surface area contributed by atoms with E-state index in [-0.39, 0.29) is 6.04 Å². The summed E-state index contributed by atoms with van der Waals surface area (Å²) in [6.45, 7) is 2.74. The van der Waals surface area contributed by atoms with Crippen LogP contribution in [-0.2, 0) is 6.54 Å². The molecule has 0 unspecified atom stereocenters. The van der Waals surface area contributed by atoms with Gasteiger partial charge < -0.3 is 10.1 Å². The monoisotopic (exact) mass is 243 g/mol. The first-order valence-electron chi connectivity index (χ1n) is 5.93. The maximum atomic E-state index is 5.35. The molecule has 94 valence electrons. The van der Waals surface area contributed by atoms with Gasteiger partial charge in [0, 0.05) is 24.0 Å². The normalized spacial score (nSPS) is 12.1. The molecule has 1 atom stereocenters. The lowest BCUT2D eigenvalue weighted by molar-refractivity contribution is 0.401. The molecule has 0 saturated heterocycles. The van der Waals surface area contributed by atoms with E-state index in [1.807, 2.05) is 24.3 Å². The zero-order valence-electron chi connectivity index (χ0n) is 10.6. The Morgan fingerprint density at radius 1 is 1.17 bits per heavy atom. The number of ether oxygens (including phenoxy) is 1. The van der Waals surface area contributed by atoms with Crippen molar-refractivity contribution in [2.45, 2.75) is 19.5 Å². The Morgan fingerprint density at radius 3 is 2.61 bits per heavy atom. The summed E-state index contributed by atoms with van der Waals surface area (Å²) in [6, 6.07) is 10.00. The summed E-state index contributed by atoms with van der Waals surface area (Å²) in [4.78, 5) is 8.36. The molecule has 2 aromatic rings. The van der Waals surface area contributed by atoms with Crippen molar-refractivity contribution in [1.82, 2.24) is 15.3 Å². The molecule has 18 heavy (non-hydrogen) atoms. The summed E-state index contributed by atoms with van der Waals surface area (Å²) in [5.41, 5.74) is 1.14. The lowest BCUT2D eigenvalue weighted by Gasteiger charge is -2.16. The molecule has 4 nitrogen and oxygen atoms in total. The van der Waals surface area contributed by atoms with E-state index in [1.54, 1.807) is 19.5 Å². The van der Waals surface area contributed by atoms with E-state index < -0.39 is 0 Å². The molecule has 0 fully saturated rings. The van der Waals surface area contributed by atoms with Crippen LogP contribution in [0.25, 0.3) is 0 Å². The Kier molecular flexibility index (Phi) is 4.25. The van der Waals surface area contributed by atoms with Crippen LogP contribution in [0.2, 0.25) is 0 Å². The Labute approximate surface area is 107 Å². The summed E-state index contributed by atoms with van der Waals surface area (Å²) in [7, 11) is 1.69. The minimum Gasteiger partial charge on any atom is -0.496 e. The van der Waals surface area contributed by atoms with Crippen LogP contribution in [0.4, 0.5) is 0 Å².